The summed E-state index contributed by atoms with van der Waals surface area (Å²) >= 11 is 1.36. The van der Waals surface area contributed by atoms with Gasteiger partial charge in [0.25, 0.3) is 0 Å². The number of aromatic nitrogens is 1. The molecule has 0 saturated carbocycles. The van der Waals surface area contributed by atoms with Crippen LogP contribution in [0.3, 0.4) is 0 Å². The average Bonchev–Trinajstić information content (AvgIpc) is 2.38. The minimum absolute atomic E-state index is 0.0401. The van der Waals surface area contributed by atoms with E-state index < -0.39 is 12.1 Å². The maximum atomic E-state index is 11.5. The maximum absolute atomic E-state index is 11.5. The van der Waals surface area contributed by atoms with Crippen LogP contribution in [0, 0.1) is 0 Å². The van der Waals surface area contributed by atoms with Crippen molar-refractivity contribution >= 4 is 23.6 Å². The standard InChI is InChI=1S/C11H14N2O4S/c1-17-9(11(15)16)6-13-10(14)7-18-8-2-4-12-5-3-8/h2-5,9H,6-7H2,1H3,(H,13,14)(H,15,16). The zero-order valence-electron chi connectivity index (χ0n) is 9.83. The molecule has 98 valence electrons. The van der Waals surface area contributed by atoms with Crippen molar-refractivity contribution in [3.05, 3.63) is 24.5 Å². The Morgan fingerprint density at radius 2 is 2.17 bits per heavy atom. The third kappa shape index (κ3) is 5.15. The van der Waals surface area contributed by atoms with Gasteiger partial charge in [-0.3, -0.25) is 9.78 Å². The van der Waals surface area contributed by atoms with Crippen LogP contribution in [-0.4, -0.2) is 47.5 Å². The fraction of sp³-hybridized carbons (Fsp3) is 0.364. The van der Waals surface area contributed by atoms with Crippen LogP contribution in [0.4, 0.5) is 0 Å². The second-order valence-corrected chi connectivity index (χ2v) is 4.39. The van der Waals surface area contributed by atoms with E-state index in [1.165, 1.54) is 18.9 Å². The van der Waals surface area contributed by atoms with Crippen molar-refractivity contribution in [2.45, 2.75) is 11.0 Å². The van der Waals surface area contributed by atoms with Crippen LogP contribution in [0.2, 0.25) is 0 Å². The number of hydrogen-bond acceptors (Lipinski definition) is 5. The minimum atomic E-state index is -1.10. The maximum Gasteiger partial charge on any atom is 0.334 e. The molecule has 18 heavy (non-hydrogen) atoms. The summed E-state index contributed by atoms with van der Waals surface area (Å²) in [7, 11) is 1.29. The minimum Gasteiger partial charge on any atom is -0.479 e. The molecule has 0 aliphatic heterocycles. The van der Waals surface area contributed by atoms with Gasteiger partial charge in [-0.25, -0.2) is 4.79 Å². The SMILES string of the molecule is COC(CNC(=O)CSc1ccncc1)C(=O)O. The number of ether oxygens (including phenoxy) is 1. The monoisotopic (exact) mass is 270 g/mol. The van der Waals surface area contributed by atoms with Gasteiger partial charge in [0.05, 0.1) is 12.3 Å². The predicted octanol–water partition coefficient (Wildman–Crippen LogP) is 0.390. The highest BCUT2D eigenvalue weighted by atomic mass is 32.2. The summed E-state index contributed by atoms with van der Waals surface area (Å²) in [6, 6.07) is 3.60. The first kappa shape index (κ1) is 14.5. The van der Waals surface area contributed by atoms with E-state index in [1.807, 2.05) is 0 Å². The summed E-state index contributed by atoms with van der Waals surface area (Å²) in [5.41, 5.74) is 0. The molecule has 0 fully saturated rings. The molecule has 0 spiro atoms. The lowest BCUT2D eigenvalue weighted by atomic mass is 10.3. The Morgan fingerprint density at radius 3 is 2.72 bits per heavy atom. The number of pyridine rings is 1. The van der Waals surface area contributed by atoms with Crippen molar-refractivity contribution in [2.75, 3.05) is 19.4 Å². The number of amides is 1. The molecule has 1 heterocycles. The zero-order chi connectivity index (χ0) is 13.4. The summed E-state index contributed by atoms with van der Waals surface area (Å²) in [5.74, 6) is -1.11. The summed E-state index contributed by atoms with van der Waals surface area (Å²) in [4.78, 5) is 26.9. The van der Waals surface area contributed by atoms with Gasteiger partial charge in [-0.1, -0.05) is 0 Å². The molecular formula is C11H14N2O4S. The van der Waals surface area contributed by atoms with E-state index in [0.717, 1.165) is 4.90 Å². The predicted molar refractivity (Wildman–Crippen MR) is 66.4 cm³/mol. The molecular weight excluding hydrogens is 256 g/mol. The lowest BCUT2D eigenvalue weighted by molar-refractivity contribution is -0.148. The third-order valence-electron chi connectivity index (χ3n) is 2.06. The number of carbonyl (C=O) groups is 2. The summed E-state index contributed by atoms with van der Waals surface area (Å²) in [6.07, 6.45) is 2.27. The zero-order valence-corrected chi connectivity index (χ0v) is 10.6. The summed E-state index contributed by atoms with van der Waals surface area (Å²) in [6.45, 7) is -0.0401. The van der Waals surface area contributed by atoms with Gasteiger partial charge in [-0.15, -0.1) is 11.8 Å². The Balaban J connectivity index is 2.28. The van der Waals surface area contributed by atoms with Crippen LogP contribution in [-0.2, 0) is 14.3 Å². The van der Waals surface area contributed by atoms with Gasteiger partial charge in [0.15, 0.2) is 6.10 Å². The normalized spacial score (nSPS) is 11.8. The fourth-order valence-corrected chi connectivity index (χ4v) is 1.83. The molecule has 1 amide bonds. The molecule has 0 radical (unpaired) electrons. The number of nitrogens with one attached hydrogen (secondary N) is 1. The summed E-state index contributed by atoms with van der Waals surface area (Å²) in [5, 5.41) is 11.2. The summed E-state index contributed by atoms with van der Waals surface area (Å²) < 4.78 is 4.70. The van der Waals surface area contributed by atoms with E-state index >= 15 is 0 Å². The van der Waals surface area contributed by atoms with Crippen molar-refractivity contribution in [1.82, 2.24) is 10.3 Å². The van der Waals surface area contributed by atoms with Crippen LogP contribution >= 0.6 is 11.8 Å². The lowest BCUT2D eigenvalue weighted by Crippen LogP contribution is -2.38. The second-order valence-electron chi connectivity index (χ2n) is 3.34. The number of nitrogens with zero attached hydrogens (tertiary/aromatic N) is 1. The van der Waals surface area contributed by atoms with E-state index in [4.69, 9.17) is 9.84 Å². The molecule has 6 nitrogen and oxygen atoms in total. The molecule has 7 heteroatoms. The fourth-order valence-electron chi connectivity index (χ4n) is 1.11. The largest absolute Gasteiger partial charge is 0.479 e. The number of hydrogen-bond donors (Lipinski definition) is 2. The highest BCUT2D eigenvalue weighted by molar-refractivity contribution is 8.00. The molecule has 1 aromatic heterocycles. The van der Waals surface area contributed by atoms with Gasteiger partial charge in [-0.2, -0.15) is 0 Å². The molecule has 1 unspecified atom stereocenters. The molecule has 0 aliphatic carbocycles. The molecule has 1 atom stereocenters. The smallest absolute Gasteiger partial charge is 0.334 e. The lowest BCUT2D eigenvalue weighted by Gasteiger charge is -2.11. The quantitative estimate of drug-likeness (QED) is 0.697. The molecule has 2 N–H and O–H groups in total. The third-order valence-corrected chi connectivity index (χ3v) is 3.08. The van der Waals surface area contributed by atoms with Crippen molar-refractivity contribution in [3.63, 3.8) is 0 Å². The van der Waals surface area contributed by atoms with Crippen LogP contribution in [0.25, 0.3) is 0 Å². The number of thioether (sulfide) groups is 1. The van der Waals surface area contributed by atoms with Gasteiger partial charge in [0.1, 0.15) is 0 Å². The van der Waals surface area contributed by atoms with Crippen molar-refractivity contribution in [2.24, 2.45) is 0 Å². The number of carbonyl (C=O) groups excluding carboxylic acids is 1. The second kappa shape index (κ2) is 7.67. The first-order valence-electron chi connectivity index (χ1n) is 5.18. The molecule has 0 bridgehead atoms. The Morgan fingerprint density at radius 1 is 1.50 bits per heavy atom. The van der Waals surface area contributed by atoms with E-state index in [2.05, 4.69) is 10.3 Å². The van der Waals surface area contributed by atoms with Crippen molar-refractivity contribution in [1.29, 1.82) is 0 Å². The average molecular weight is 270 g/mol. The highest BCUT2D eigenvalue weighted by Crippen LogP contribution is 2.15. The highest BCUT2D eigenvalue weighted by Gasteiger charge is 2.16. The van der Waals surface area contributed by atoms with Gasteiger partial charge in [0.2, 0.25) is 5.91 Å². The Labute approximate surface area is 109 Å². The first-order valence-corrected chi connectivity index (χ1v) is 6.17. The molecule has 1 rings (SSSR count). The topological polar surface area (TPSA) is 88.5 Å². The Hall–Kier alpha value is -1.60. The molecule has 1 aromatic rings. The number of methoxy groups -OCH3 is 1. The Kier molecular flexibility index (Phi) is 6.16. The van der Waals surface area contributed by atoms with E-state index in [9.17, 15) is 9.59 Å². The molecule has 0 aliphatic rings. The first-order chi connectivity index (χ1) is 8.63. The van der Waals surface area contributed by atoms with Gasteiger partial charge < -0.3 is 15.2 Å². The van der Waals surface area contributed by atoms with Crippen LogP contribution < -0.4 is 5.32 Å². The van der Waals surface area contributed by atoms with Crippen molar-refractivity contribution < 1.29 is 19.4 Å². The van der Waals surface area contributed by atoms with Crippen LogP contribution in [0.5, 0.6) is 0 Å². The van der Waals surface area contributed by atoms with E-state index in [1.54, 1.807) is 24.5 Å². The van der Waals surface area contributed by atoms with Gasteiger partial charge in [0, 0.05) is 24.4 Å². The van der Waals surface area contributed by atoms with Crippen LogP contribution in [0.15, 0.2) is 29.4 Å². The van der Waals surface area contributed by atoms with E-state index in [-0.39, 0.29) is 18.2 Å². The molecule has 0 aromatic carbocycles. The van der Waals surface area contributed by atoms with Gasteiger partial charge >= 0.3 is 5.97 Å². The van der Waals surface area contributed by atoms with Gasteiger partial charge in [-0.05, 0) is 12.1 Å². The van der Waals surface area contributed by atoms with Crippen molar-refractivity contribution in [3.8, 4) is 0 Å². The number of carboxylic acids is 1. The van der Waals surface area contributed by atoms with E-state index in [0.29, 0.717) is 0 Å². The Bertz CT molecular complexity index is 399. The number of aliphatic carboxylic acids is 1. The number of carboxylic acid groups (broad SMARTS) is 1. The number of rotatable bonds is 7. The molecule has 0 saturated heterocycles. The van der Waals surface area contributed by atoms with Crippen LogP contribution in [0.1, 0.15) is 0 Å².